The van der Waals surface area contributed by atoms with Gasteiger partial charge in [-0.05, 0) is 26.8 Å². The molecule has 0 radical (unpaired) electrons. The third-order valence-electron chi connectivity index (χ3n) is 6.24. The number of carbonyl (C=O) groups excluding carboxylic acids is 1. The molecular weight excluding hydrogens is 344 g/mol. The summed E-state index contributed by atoms with van der Waals surface area (Å²) in [6, 6.07) is 3.52. The zero-order chi connectivity index (χ0) is 19.2. The average Bonchev–Trinajstić information content (AvgIpc) is 2.94. The smallest absolute Gasteiger partial charge is 0.272 e. The number of hydrogen-bond acceptors (Lipinski definition) is 5. The van der Waals surface area contributed by atoms with Gasteiger partial charge in [0.2, 0.25) is 5.91 Å². The minimum Gasteiger partial charge on any atom is -0.346 e. The topological polar surface area (TPSA) is 77.0 Å². The van der Waals surface area contributed by atoms with E-state index in [0.29, 0.717) is 18.6 Å². The number of likely N-dealkylation sites (N-methyl/N-ethyl adjacent to an activating group) is 1. The molecular formula is C19H28N6O2. The number of nitrogens with zero attached hydrogens (tertiary/aromatic N) is 5. The Kier molecular flexibility index (Phi) is 4.55. The van der Waals surface area contributed by atoms with E-state index in [1.54, 1.807) is 6.07 Å². The van der Waals surface area contributed by atoms with Crippen molar-refractivity contribution in [3.63, 3.8) is 0 Å². The van der Waals surface area contributed by atoms with Crippen molar-refractivity contribution >= 4 is 11.6 Å². The molecule has 146 valence electrons. The highest BCUT2D eigenvalue weighted by atomic mass is 16.2. The number of rotatable bonds is 2. The molecule has 2 aromatic rings. The Bertz CT molecular complexity index is 919. The van der Waals surface area contributed by atoms with Gasteiger partial charge < -0.3 is 4.90 Å². The molecule has 1 unspecified atom stereocenters. The van der Waals surface area contributed by atoms with Crippen LogP contribution in [-0.2, 0) is 11.3 Å². The molecule has 1 N–H and O–H groups in total. The minimum absolute atomic E-state index is 0.0164. The van der Waals surface area contributed by atoms with Gasteiger partial charge in [-0.15, -0.1) is 0 Å². The first-order chi connectivity index (χ1) is 12.9. The molecule has 1 atom stereocenters. The summed E-state index contributed by atoms with van der Waals surface area (Å²) in [4.78, 5) is 35.8. The fourth-order valence-electron chi connectivity index (χ4n) is 4.45. The van der Waals surface area contributed by atoms with E-state index in [1.807, 2.05) is 24.9 Å². The van der Waals surface area contributed by atoms with Gasteiger partial charge in [0.1, 0.15) is 0 Å². The lowest BCUT2D eigenvalue weighted by molar-refractivity contribution is -0.129. The molecule has 0 bridgehead atoms. The molecule has 0 aliphatic carbocycles. The zero-order valence-corrected chi connectivity index (χ0v) is 16.4. The molecule has 2 aliphatic heterocycles. The number of carbonyl (C=O) groups is 1. The van der Waals surface area contributed by atoms with Gasteiger partial charge in [-0.25, -0.2) is 9.50 Å². The lowest BCUT2D eigenvalue weighted by Crippen LogP contribution is -2.60. The predicted octanol–water partition coefficient (Wildman–Crippen LogP) is 0.460. The van der Waals surface area contributed by atoms with Crippen molar-refractivity contribution in [3.8, 4) is 0 Å². The monoisotopic (exact) mass is 372 g/mol. The lowest BCUT2D eigenvalue weighted by atomic mass is 9.86. The maximum atomic E-state index is 12.3. The van der Waals surface area contributed by atoms with Gasteiger partial charge >= 0.3 is 0 Å². The van der Waals surface area contributed by atoms with Crippen molar-refractivity contribution in [1.29, 1.82) is 0 Å². The van der Waals surface area contributed by atoms with Crippen molar-refractivity contribution in [2.45, 2.75) is 38.3 Å². The third-order valence-corrected chi connectivity index (χ3v) is 6.24. The maximum Gasteiger partial charge on any atom is 0.272 e. The summed E-state index contributed by atoms with van der Waals surface area (Å²) in [5.74, 6) is 0.236. The summed E-state index contributed by atoms with van der Waals surface area (Å²) in [6.45, 7) is 6.18. The van der Waals surface area contributed by atoms with Crippen molar-refractivity contribution < 1.29 is 4.79 Å². The molecule has 0 saturated carbocycles. The summed E-state index contributed by atoms with van der Waals surface area (Å²) < 4.78 is 1.48. The molecule has 1 spiro atoms. The second-order valence-electron chi connectivity index (χ2n) is 8.14. The number of hydrogen-bond donors (Lipinski definition) is 1. The standard InChI is InChI=1S/C19H28N6O2/c1-14-10-16-20-15(11-18(27)25(16)21-14)12-24-9-8-23(3)19(13-24)5-4-17(26)22(2)7-6-19/h10-11,21H,4-9,12-13H2,1-3H3. The molecule has 27 heavy (non-hydrogen) atoms. The predicted molar refractivity (Wildman–Crippen MR) is 103 cm³/mol. The third kappa shape index (κ3) is 3.39. The van der Waals surface area contributed by atoms with Gasteiger partial charge in [-0.3, -0.25) is 24.5 Å². The lowest BCUT2D eigenvalue weighted by Gasteiger charge is -2.49. The normalized spacial score (nSPS) is 25.4. The Morgan fingerprint density at radius 1 is 1.15 bits per heavy atom. The van der Waals surface area contributed by atoms with Gasteiger partial charge in [-0.2, -0.15) is 0 Å². The Morgan fingerprint density at radius 3 is 2.78 bits per heavy atom. The number of aromatic amines is 1. The van der Waals surface area contributed by atoms with E-state index >= 15 is 0 Å². The van der Waals surface area contributed by atoms with Crippen LogP contribution in [0.1, 0.15) is 30.7 Å². The van der Waals surface area contributed by atoms with E-state index in [1.165, 1.54) is 4.52 Å². The number of piperazine rings is 1. The van der Waals surface area contributed by atoms with E-state index in [0.717, 1.165) is 50.4 Å². The van der Waals surface area contributed by atoms with Crippen LogP contribution in [0.15, 0.2) is 16.9 Å². The van der Waals surface area contributed by atoms with E-state index in [-0.39, 0.29) is 17.0 Å². The number of aromatic nitrogens is 3. The number of amides is 1. The first kappa shape index (κ1) is 18.2. The van der Waals surface area contributed by atoms with Gasteiger partial charge in [0.25, 0.3) is 5.56 Å². The number of fused-ring (bicyclic) bond motifs is 1. The van der Waals surface area contributed by atoms with E-state index in [2.05, 4.69) is 26.9 Å². The Labute approximate surface area is 158 Å². The Balaban J connectivity index is 1.55. The molecule has 4 heterocycles. The molecule has 1 amide bonds. The number of nitrogens with one attached hydrogen (secondary N) is 1. The van der Waals surface area contributed by atoms with Gasteiger partial charge in [0.15, 0.2) is 5.65 Å². The van der Waals surface area contributed by atoms with Crippen LogP contribution in [-0.4, -0.2) is 81.0 Å². The molecule has 2 aromatic heterocycles. The van der Waals surface area contributed by atoms with Crippen LogP contribution in [0, 0.1) is 6.92 Å². The number of aryl methyl sites for hydroxylation is 1. The average molecular weight is 372 g/mol. The second-order valence-corrected chi connectivity index (χ2v) is 8.14. The second kappa shape index (κ2) is 6.76. The first-order valence-electron chi connectivity index (χ1n) is 9.62. The maximum absolute atomic E-state index is 12.3. The van der Waals surface area contributed by atoms with E-state index in [9.17, 15) is 9.59 Å². The summed E-state index contributed by atoms with van der Waals surface area (Å²) in [7, 11) is 4.07. The molecule has 2 saturated heterocycles. The zero-order valence-electron chi connectivity index (χ0n) is 16.4. The Morgan fingerprint density at radius 2 is 1.96 bits per heavy atom. The van der Waals surface area contributed by atoms with Crippen molar-refractivity contribution in [2.75, 3.05) is 40.3 Å². The van der Waals surface area contributed by atoms with Crippen LogP contribution in [0.5, 0.6) is 0 Å². The van der Waals surface area contributed by atoms with Crippen LogP contribution >= 0.6 is 0 Å². The SMILES string of the molecule is Cc1cc2nc(CN3CCN(C)C4(CCC(=O)N(C)CC4)C3)cc(=O)n2[nH]1. The van der Waals surface area contributed by atoms with Crippen LogP contribution in [0.2, 0.25) is 0 Å². The van der Waals surface area contributed by atoms with Crippen molar-refractivity contribution in [2.24, 2.45) is 0 Å². The minimum atomic E-state index is -0.0753. The number of likely N-dealkylation sites (tertiary alicyclic amines) is 1. The summed E-state index contributed by atoms with van der Waals surface area (Å²) in [5.41, 5.74) is 2.33. The highest BCUT2D eigenvalue weighted by Crippen LogP contribution is 2.32. The summed E-state index contributed by atoms with van der Waals surface area (Å²) in [6.07, 6.45) is 2.46. The molecule has 4 rings (SSSR count). The molecule has 2 fully saturated rings. The van der Waals surface area contributed by atoms with Gasteiger partial charge in [0.05, 0.1) is 5.69 Å². The Hall–Kier alpha value is -2.19. The van der Waals surface area contributed by atoms with E-state index < -0.39 is 0 Å². The molecule has 8 heteroatoms. The largest absolute Gasteiger partial charge is 0.346 e. The molecule has 0 aromatic carbocycles. The van der Waals surface area contributed by atoms with Crippen LogP contribution < -0.4 is 5.56 Å². The van der Waals surface area contributed by atoms with Crippen LogP contribution in [0.25, 0.3) is 5.65 Å². The molecule has 2 aliphatic rings. The summed E-state index contributed by atoms with van der Waals surface area (Å²) in [5, 5.41) is 3.01. The highest BCUT2D eigenvalue weighted by Gasteiger charge is 2.41. The van der Waals surface area contributed by atoms with Crippen LogP contribution in [0.4, 0.5) is 0 Å². The highest BCUT2D eigenvalue weighted by molar-refractivity contribution is 5.76. The van der Waals surface area contributed by atoms with E-state index in [4.69, 9.17) is 0 Å². The first-order valence-corrected chi connectivity index (χ1v) is 9.62. The fourth-order valence-corrected chi connectivity index (χ4v) is 4.45. The quantitative estimate of drug-likeness (QED) is 0.829. The number of H-pyrrole nitrogens is 1. The fraction of sp³-hybridized carbons (Fsp3) is 0.632. The van der Waals surface area contributed by atoms with Gasteiger partial charge in [0, 0.05) is 69.6 Å². The summed E-state index contributed by atoms with van der Waals surface area (Å²) >= 11 is 0. The van der Waals surface area contributed by atoms with Crippen LogP contribution in [0.3, 0.4) is 0 Å². The van der Waals surface area contributed by atoms with Gasteiger partial charge in [-0.1, -0.05) is 0 Å². The van der Waals surface area contributed by atoms with Crippen molar-refractivity contribution in [1.82, 2.24) is 29.3 Å². The molecule has 8 nitrogen and oxygen atoms in total. The van der Waals surface area contributed by atoms with Crippen molar-refractivity contribution in [3.05, 3.63) is 33.9 Å².